The van der Waals surface area contributed by atoms with Gasteiger partial charge in [-0.25, -0.2) is 0 Å². The van der Waals surface area contributed by atoms with Gasteiger partial charge in [-0.05, 0) is 25.1 Å². The second kappa shape index (κ2) is 6.06. The van der Waals surface area contributed by atoms with Crippen LogP contribution in [0.4, 0.5) is 5.69 Å². The molecule has 3 rings (SSSR count). The van der Waals surface area contributed by atoms with Crippen molar-refractivity contribution in [2.45, 2.75) is 6.92 Å². The molecule has 23 heavy (non-hydrogen) atoms. The second-order valence-corrected chi connectivity index (χ2v) is 5.80. The van der Waals surface area contributed by atoms with Crippen molar-refractivity contribution in [3.05, 3.63) is 51.9 Å². The van der Waals surface area contributed by atoms with Crippen molar-refractivity contribution in [2.75, 3.05) is 5.32 Å². The number of carbonyl (C=O) groups excluding carboxylic acids is 1. The molecule has 0 aliphatic heterocycles. The van der Waals surface area contributed by atoms with Gasteiger partial charge in [-0.15, -0.1) is 0 Å². The second-order valence-electron chi connectivity index (χ2n) is 4.96. The molecular formula is C15H12Cl2N4O2. The van der Waals surface area contributed by atoms with E-state index < -0.39 is 0 Å². The van der Waals surface area contributed by atoms with Crippen molar-refractivity contribution >= 4 is 34.8 Å². The molecule has 8 heteroatoms. The predicted octanol–water partition coefficient (Wildman–Crippen LogP) is 3.94. The average Bonchev–Trinajstić information content (AvgIpc) is 3.06. The van der Waals surface area contributed by atoms with Crippen molar-refractivity contribution in [1.82, 2.24) is 14.9 Å². The molecule has 0 radical (unpaired) electrons. The zero-order valence-electron chi connectivity index (χ0n) is 12.3. The van der Waals surface area contributed by atoms with Crippen LogP contribution in [0.2, 0.25) is 10.0 Å². The van der Waals surface area contributed by atoms with Crippen molar-refractivity contribution in [2.24, 2.45) is 7.05 Å². The number of hydrogen-bond acceptors (Lipinski definition) is 4. The molecular weight excluding hydrogens is 339 g/mol. The minimum atomic E-state index is -0.388. The lowest BCUT2D eigenvalue weighted by Gasteiger charge is -2.00. The zero-order valence-corrected chi connectivity index (χ0v) is 13.8. The summed E-state index contributed by atoms with van der Waals surface area (Å²) < 4.78 is 6.82. The molecule has 118 valence electrons. The van der Waals surface area contributed by atoms with Gasteiger partial charge in [0.2, 0.25) is 0 Å². The highest BCUT2D eigenvalue weighted by Crippen LogP contribution is 2.30. The monoisotopic (exact) mass is 350 g/mol. The Labute approximate surface area is 142 Å². The minimum absolute atomic E-state index is 0.147. The van der Waals surface area contributed by atoms with Crippen LogP contribution in [0.15, 0.2) is 35.0 Å². The quantitative estimate of drug-likeness (QED) is 0.776. The standard InChI is InChI=1S/C15H12Cl2N4O2/c1-8-13(7-21(2)19-8)18-15(22)12-6-14(23-20-12)10-4-3-9(16)5-11(10)17/h3-7H,1-2H3,(H,18,22). The Balaban J connectivity index is 1.84. The molecule has 6 nitrogen and oxygen atoms in total. The maximum atomic E-state index is 12.2. The smallest absolute Gasteiger partial charge is 0.277 e. The van der Waals surface area contributed by atoms with Crippen molar-refractivity contribution in [1.29, 1.82) is 0 Å². The lowest BCUT2D eigenvalue weighted by molar-refractivity contribution is 0.101. The highest BCUT2D eigenvalue weighted by atomic mass is 35.5. The third-order valence-electron chi connectivity index (χ3n) is 3.20. The van der Waals surface area contributed by atoms with E-state index in [0.29, 0.717) is 32.8 Å². The highest BCUT2D eigenvalue weighted by molar-refractivity contribution is 6.36. The number of aryl methyl sites for hydroxylation is 2. The summed E-state index contributed by atoms with van der Waals surface area (Å²) in [6, 6.07) is 6.51. The van der Waals surface area contributed by atoms with E-state index in [1.54, 1.807) is 43.0 Å². The fourth-order valence-electron chi connectivity index (χ4n) is 2.11. The normalized spacial score (nSPS) is 10.8. The van der Waals surface area contributed by atoms with Crippen LogP contribution >= 0.6 is 23.2 Å². The number of benzene rings is 1. The molecule has 0 saturated heterocycles. The van der Waals surface area contributed by atoms with Gasteiger partial charge in [-0.2, -0.15) is 5.10 Å². The molecule has 3 aromatic rings. The van der Waals surface area contributed by atoms with E-state index >= 15 is 0 Å². The summed E-state index contributed by atoms with van der Waals surface area (Å²) in [6.07, 6.45) is 1.71. The summed E-state index contributed by atoms with van der Waals surface area (Å²) in [5.41, 5.74) is 2.09. The van der Waals surface area contributed by atoms with Gasteiger partial charge in [0, 0.05) is 29.9 Å². The van der Waals surface area contributed by atoms with E-state index in [1.807, 2.05) is 0 Å². The molecule has 0 spiro atoms. The maximum Gasteiger partial charge on any atom is 0.277 e. The van der Waals surface area contributed by atoms with Crippen LogP contribution in [0.3, 0.4) is 0 Å². The van der Waals surface area contributed by atoms with Gasteiger partial charge in [0.25, 0.3) is 5.91 Å². The Morgan fingerprint density at radius 1 is 1.30 bits per heavy atom. The summed E-state index contributed by atoms with van der Waals surface area (Å²) in [5, 5.41) is 11.6. The Bertz CT molecular complexity index is 885. The largest absolute Gasteiger partial charge is 0.355 e. The summed E-state index contributed by atoms with van der Waals surface area (Å²) in [7, 11) is 1.78. The van der Waals surface area contributed by atoms with E-state index in [4.69, 9.17) is 27.7 Å². The first-order valence-electron chi connectivity index (χ1n) is 6.68. The van der Waals surface area contributed by atoms with E-state index in [1.165, 1.54) is 6.07 Å². The van der Waals surface area contributed by atoms with Crippen LogP contribution in [0.5, 0.6) is 0 Å². The molecule has 0 saturated carbocycles. The minimum Gasteiger partial charge on any atom is -0.355 e. The summed E-state index contributed by atoms with van der Waals surface area (Å²) >= 11 is 12.0. The third-order valence-corrected chi connectivity index (χ3v) is 3.75. The SMILES string of the molecule is Cc1nn(C)cc1NC(=O)c1cc(-c2ccc(Cl)cc2Cl)on1. The molecule has 1 amide bonds. The average molecular weight is 351 g/mol. The molecule has 0 atom stereocenters. The summed E-state index contributed by atoms with van der Waals surface area (Å²) in [5.74, 6) is 0.000844. The highest BCUT2D eigenvalue weighted by Gasteiger charge is 2.17. The molecule has 0 aliphatic carbocycles. The van der Waals surface area contributed by atoms with Crippen LogP contribution in [-0.2, 0) is 7.05 Å². The first-order valence-corrected chi connectivity index (χ1v) is 7.43. The van der Waals surface area contributed by atoms with Gasteiger partial charge in [-0.1, -0.05) is 28.4 Å². The zero-order chi connectivity index (χ0) is 16.6. The Morgan fingerprint density at radius 3 is 2.74 bits per heavy atom. The van der Waals surface area contributed by atoms with Gasteiger partial charge in [0.15, 0.2) is 11.5 Å². The number of nitrogens with one attached hydrogen (secondary N) is 1. The first-order chi connectivity index (χ1) is 10.9. The molecule has 1 aromatic carbocycles. The lowest BCUT2D eigenvalue weighted by atomic mass is 10.1. The number of nitrogens with zero attached hydrogens (tertiary/aromatic N) is 3. The number of amides is 1. The van der Waals surface area contributed by atoms with Crippen LogP contribution < -0.4 is 5.32 Å². The number of carbonyl (C=O) groups is 1. The van der Waals surface area contributed by atoms with Crippen molar-refractivity contribution in [3.8, 4) is 11.3 Å². The molecule has 0 aliphatic rings. The molecule has 0 bridgehead atoms. The Kier molecular flexibility index (Phi) is 4.11. The molecule has 0 unspecified atom stereocenters. The molecule has 2 heterocycles. The van der Waals surface area contributed by atoms with E-state index in [-0.39, 0.29) is 11.6 Å². The van der Waals surface area contributed by atoms with Gasteiger partial charge < -0.3 is 9.84 Å². The van der Waals surface area contributed by atoms with E-state index in [0.717, 1.165) is 0 Å². The summed E-state index contributed by atoms with van der Waals surface area (Å²) in [6.45, 7) is 1.80. The van der Waals surface area contributed by atoms with Gasteiger partial charge in [-0.3, -0.25) is 9.48 Å². The van der Waals surface area contributed by atoms with Crippen molar-refractivity contribution in [3.63, 3.8) is 0 Å². The fraction of sp³-hybridized carbons (Fsp3) is 0.133. The Hall–Kier alpha value is -2.31. The number of hydrogen-bond donors (Lipinski definition) is 1. The van der Waals surface area contributed by atoms with Crippen LogP contribution in [0.1, 0.15) is 16.2 Å². The fourth-order valence-corrected chi connectivity index (χ4v) is 2.61. The topological polar surface area (TPSA) is 73.0 Å². The van der Waals surface area contributed by atoms with Gasteiger partial charge in [0.1, 0.15) is 0 Å². The number of anilines is 1. The van der Waals surface area contributed by atoms with Crippen LogP contribution in [0, 0.1) is 6.92 Å². The molecule has 2 aromatic heterocycles. The van der Waals surface area contributed by atoms with Crippen LogP contribution in [0.25, 0.3) is 11.3 Å². The Morgan fingerprint density at radius 2 is 2.09 bits per heavy atom. The van der Waals surface area contributed by atoms with Crippen LogP contribution in [-0.4, -0.2) is 20.8 Å². The molecule has 0 fully saturated rings. The van der Waals surface area contributed by atoms with Crippen molar-refractivity contribution < 1.29 is 9.32 Å². The van der Waals surface area contributed by atoms with E-state index in [2.05, 4.69) is 15.6 Å². The maximum absolute atomic E-state index is 12.2. The molecule has 1 N–H and O–H groups in total. The summed E-state index contributed by atoms with van der Waals surface area (Å²) in [4.78, 5) is 12.2. The number of halogens is 2. The lowest BCUT2D eigenvalue weighted by Crippen LogP contribution is -2.12. The first kappa shape index (κ1) is 15.6. The van der Waals surface area contributed by atoms with Gasteiger partial charge in [0.05, 0.1) is 16.4 Å². The number of aromatic nitrogens is 3. The van der Waals surface area contributed by atoms with Gasteiger partial charge >= 0.3 is 0 Å². The number of rotatable bonds is 3. The third kappa shape index (κ3) is 3.23. The predicted molar refractivity (Wildman–Crippen MR) is 87.9 cm³/mol. The van der Waals surface area contributed by atoms with E-state index in [9.17, 15) is 4.79 Å².